The highest BCUT2D eigenvalue weighted by Gasteiger charge is 2.17. The molecule has 1 rings (SSSR count). The lowest BCUT2D eigenvalue weighted by molar-refractivity contribution is -0.125. The van der Waals surface area contributed by atoms with Crippen LogP contribution in [0.5, 0.6) is 0 Å². The molecule has 0 saturated heterocycles. The fourth-order valence-corrected chi connectivity index (χ4v) is 2.16. The van der Waals surface area contributed by atoms with Gasteiger partial charge in [-0.05, 0) is 38.8 Å². The fraction of sp³-hybridized carbons (Fsp3) is 0.615. The van der Waals surface area contributed by atoms with Crippen LogP contribution in [0.15, 0.2) is 17.5 Å². The van der Waals surface area contributed by atoms with E-state index in [0.717, 1.165) is 4.88 Å². The number of thiophene rings is 1. The molecule has 0 aliphatic heterocycles. The molecule has 1 heterocycles. The Morgan fingerprint density at radius 1 is 1.56 bits per heavy atom. The lowest BCUT2D eigenvalue weighted by atomic mass is 10.2. The van der Waals surface area contributed by atoms with E-state index >= 15 is 0 Å². The molecule has 0 saturated carbocycles. The van der Waals surface area contributed by atoms with Gasteiger partial charge in [0.05, 0.1) is 18.7 Å². The van der Waals surface area contributed by atoms with Gasteiger partial charge in [-0.25, -0.2) is 0 Å². The van der Waals surface area contributed by atoms with Crippen LogP contribution in [0.1, 0.15) is 25.1 Å². The topological polar surface area (TPSA) is 52.6 Å². The van der Waals surface area contributed by atoms with E-state index in [-0.39, 0.29) is 18.1 Å². The van der Waals surface area contributed by atoms with Gasteiger partial charge in [-0.15, -0.1) is 11.3 Å². The van der Waals surface area contributed by atoms with Crippen LogP contribution in [0.4, 0.5) is 0 Å². The highest BCUT2D eigenvalue weighted by atomic mass is 32.1. The van der Waals surface area contributed by atoms with Crippen LogP contribution in [0, 0.1) is 0 Å². The summed E-state index contributed by atoms with van der Waals surface area (Å²) in [6.45, 7) is 4.94. The standard InChI is InChI=1S/C13H22N2O2S/c1-10(16)6-7-15(3)11(2)13(17)14-9-12-5-4-8-18-12/h4-5,8,10-11,16H,6-7,9H2,1-3H3,(H,14,17). The van der Waals surface area contributed by atoms with Crippen molar-refractivity contribution in [1.29, 1.82) is 0 Å². The zero-order valence-electron chi connectivity index (χ0n) is 11.2. The Balaban J connectivity index is 2.31. The highest BCUT2D eigenvalue weighted by molar-refractivity contribution is 7.09. The van der Waals surface area contributed by atoms with Gasteiger partial charge in [0.1, 0.15) is 0 Å². The first-order chi connectivity index (χ1) is 8.50. The largest absolute Gasteiger partial charge is 0.393 e. The minimum Gasteiger partial charge on any atom is -0.393 e. The minimum absolute atomic E-state index is 0.0245. The van der Waals surface area contributed by atoms with Gasteiger partial charge in [-0.3, -0.25) is 9.69 Å². The van der Waals surface area contributed by atoms with Gasteiger partial charge in [-0.1, -0.05) is 6.07 Å². The van der Waals surface area contributed by atoms with E-state index in [9.17, 15) is 9.90 Å². The van der Waals surface area contributed by atoms with Crippen LogP contribution in [-0.4, -0.2) is 41.7 Å². The first-order valence-electron chi connectivity index (χ1n) is 6.19. The fourth-order valence-electron chi connectivity index (χ4n) is 1.52. The van der Waals surface area contributed by atoms with Crippen LogP contribution in [0.3, 0.4) is 0 Å². The van der Waals surface area contributed by atoms with E-state index in [1.165, 1.54) is 0 Å². The normalized spacial score (nSPS) is 14.5. The lowest BCUT2D eigenvalue weighted by Crippen LogP contribution is -2.43. The van der Waals surface area contributed by atoms with E-state index in [4.69, 9.17) is 0 Å². The number of rotatable bonds is 7. The second kappa shape index (κ2) is 7.51. The van der Waals surface area contributed by atoms with Crippen molar-refractivity contribution in [1.82, 2.24) is 10.2 Å². The molecule has 1 amide bonds. The molecule has 2 unspecified atom stereocenters. The van der Waals surface area contributed by atoms with Gasteiger partial charge >= 0.3 is 0 Å². The van der Waals surface area contributed by atoms with E-state index in [0.29, 0.717) is 19.5 Å². The number of aliphatic hydroxyl groups is 1. The molecule has 4 nitrogen and oxygen atoms in total. The van der Waals surface area contributed by atoms with Gasteiger partial charge in [0.15, 0.2) is 0 Å². The van der Waals surface area contributed by atoms with E-state index in [1.807, 2.05) is 36.4 Å². The summed E-state index contributed by atoms with van der Waals surface area (Å²) in [5.74, 6) is 0.0245. The van der Waals surface area contributed by atoms with Crippen molar-refractivity contribution in [2.24, 2.45) is 0 Å². The molecule has 2 N–H and O–H groups in total. The summed E-state index contributed by atoms with van der Waals surface area (Å²) < 4.78 is 0. The quantitative estimate of drug-likeness (QED) is 0.788. The Hall–Kier alpha value is -0.910. The zero-order valence-corrected chi connectivity index (χ0v) is 12.0. The average Bonchev–Trinajstić information content (AvgIpc) is 2.85. The van der Waals surface area contributed by atoms with E-state index in [1.54, 1.807) is 18.3 Å². The smallest absolute Gasteiger partial charge is 0.237 e. The number of carbonyl (C=O) groups excluding carboxylic acids is 1. The summed E-state index contributed by atoms with van der Waals surface area (Å²) in [5, 5.41) is 14.1. The molecule has 5 heteroatoms. The molecule has 102 valence electrons. The maximum atomic E-state index is 11.9. The molecule has 0 aliphatic carbocycles. The third-order valence-electron chi connectivity index (χ3n) is 2.96. The summed E-state index contributed by atoms with van der Waals surface area (Å²) in [5.41, 5.74) is 0. The number of likely N-dealkylation sites (N-methyl/N-ethyl adjacent to an activating group) is 1. The van der Waals surface area contributed by atoms with Gasteiger partial charge < -0.3 is 10.4 Å². The molecular weight excluding hydrogens is 248 g/mol. The van der Waals surface area contributed by atoms with Gasteiger partial charge in [-0.2, -0.15) is 0 Å². The Morgan fingerprint density at radius 3 is 2.83 bits per heavy atom. The Kier molecular flexibility index (Phi) is 6.32. The number of hydrogen-bond acceptors (Lipinski definition) is 4. The molecule has 2 atom stereocenters. The molecule has 0 aromatic carbocycles. The third kappa shape index (κ3) is 5.16. The van der Waals surface area contributed by atoms with Crippen LogP contribution >= 0.6 is 11.3 Å². The number of nitrogens with one attached hydrogen (secondary N) is 1. The van der Waals surface area contributed by atoms with Crippen LogP contribution in [0.25, 0.3) is 0 Å². The number of hydrogen-bond donors (Lipinski definition) is 2. The number of amides is 1. The predicted molar refractivity (Wildman–Crippen MR) is 74.6 cm³/mol. The molecule has 18 heavy (non-hydrogen) atoms. The van der Waals surface area contributed by atoms with Gasteiger partial charge in [0.25, 0.3) is 0 Å². The van der Waals surface area contributed by atoms with Gasteiger partial charge in [0.2, 0.25) is 5.91 Å². The van der Waals surface area contributed by atoms with Crippen molar-refractivity contribution in [2.75, 3.05) is 13.6 Å². The molecule has 1 aromatic rings. The summed E-state index contributed by atoms with van der Waals surface area (Å²) in [6, 6.07) is 3.81. The minimum atomic E-state index is -0.325. The molecular formula is C13H22N2O2S. The summed E-state index contributed by atoms with van der Waals surface area (Å²) in [4.78, 5) is 15.0. The number of aliphatic hydroxyl groups excluding tert-OH is 1. The first-order valence-corrected chi connectivity index (χ1v) is 7.07. The maximum Gasteiger partial charge on any atom is 0.237 e. The van der Waals surface area contributed by atoms with Crippen LogP contribution in [0.2, 0.25) is 0 Å². The molecule has 0 bridgehead atoms. The van der Waals surface area contributed by atoms with Crippen molar-refractivity contribution in [2.45, 2.75) is 39.0 Å². The van der Waals surface area contributed by atoms with Crippen LogP contribution in [-0.2, 0) is 11.3 Å². The van der Waals surface area contributed by atoms with Gasteiger partial charge in [0, 0.05) is 11.4 Å². The third-order valence-corrected chi connectivity index (χ3v) is 3.83. The summed E-state index contributed by atoms with van der Waals surface area (Å²) in [7, 11) is 1.90. The first kappa shape index (κ1) is 15.1. The van der Waals surface area contributed by atoms with Crippen molar-refractivity contribution in [3.8, 4) is 0 Å². The number of carbonyl (C=O) groups is 1. The average molecular weight is 270 g/mol. The Morgan fingerprint density at radius 2 is 2.28 bits per heavy atom. The summed E-state index contributed by atoms with van der Waals surface area (Å²) in [6.07, 6.45) is 0.354. The van der Waals surface area contributed by atoms with Crippen molar-refractivity contribution in [3.63, 3.8) is 0 Å². The van der Waals surface area contributed by atoms with Crippen molar-refractivity contribution < 1.29 is 9.90 Å². The van der Waals surface area contributed by atoms with Crippen LogP contribution < -0.4 is 5.32 Å². The Bertz CT molecular complexity index is 352. The summed E-state index contributed by atoms with van der Waals surface area (Å²) >= 11 is 1.64. The number of nitrogens with zero attached hydrogens (tertiary/aromatic N) is 1. The second-order valence-corrected chi connectivity index (χ2v) is 5.62. The van der Waals surface area contributed by atoms with Crippen molar-refractivity contribution in [3.05, 3.63) is 22.4 Å². The van der Waals surface area contributed by atoms with Crippen molar-refractivity contribution >= 4 is 17.2 Å². The Labute approximate surface area is 113 Å². The second-order valence-electron chi connectivity index (χ2n) is 4.59. The monoisotopic (exact) mass is 270 g/mol. The molecule has 0 spiro atoms. The highest BCUT2D eigenvalue weighted by Crippen LogP contribution is 2.08. The SMILES string of the molecule is CC(O)CCN(C)C(C)C(=O)NCc1cccs1. The zero-order chi connectivity index (χ0) is 13.5. The molecule has 0 aliphatic rings. The maximum absolute atomic E-state index is 11.9. The molecule has 1 aromatic heterocycles. The van der Waals surface area contributed by atoms with E-state index < -0.39 is 0 Å². The lowest BCUT2D eigenvalue weighted by Gasteiger charge is -2.24. The predicted octanol–water partition coefficient (Wildman–Crippen LogP) is 1.46. The molecule has 0 fully saturated rings. The van der Waals surface area contributed by atoms with E-state index in [2.05, 4.69) is 5.32 Å². The molecule has 0 radical (unpaired) electrons.